The molecular weight excluding hydrogens is 849 g/mol. The number of carbonyl (C=O) groups excluding carboxylic acids is 7. The van der Waals surface area contributed by atoms with Gasteiger partial charge >= 0.3 is 5.91 Å². The molecule has 0 saturated carbocycles. The van der Waals surface area contributed by atoms with E-state index in [-0.39, 0.29) is 41.4 Å². The lowest BCUT2D eigenvalue weighted by Crippen LogP contribution is -2.88. The van der Waals surface area contributed by atoms with E-state index >= 15 is 0 Å². The Morgan fingerprint density at radius 3 is 1.32 bits per heavy atom. The quantitative estimate of drug-likeness (QED) is 0.0595. The number of primary amides is 1. The van der Waals surface area contributed by atoms with Crippen molar-refractivity contribution in [2.45, 2.75) is 19.3 Å². The largest absolute Gasteiger partial charge is 0.359 e. The maximum absolute atomic E-state index is 13.3. The number of rotatable bonds is 19. The zero-order chi connectivity index (χ0) is 47.8. The average molecular weight is 906 g/mol. The highest BCUT2D eigenvalue weighted by atomic mass is 16.2. The third kappa shape index (κ3) is 11.8. The zero-order valence-electron chi connectivity index (χ0n) is 38.3. The van der Waals surface area contributed by atoms with Crippen LogP contribution < -0.4 is 37.2 Å². The molecule has 7 amide bonds. The van der Waals surface area contributed by atoms with Gasteiger partial charge in [-0.25, -0.2) is 4.79 Å². The van der Waals surface area contributed by atoms with E-state index in [1.807, 2.05) is 19.0 Å². The summed E-state index contributed by atoms with van der Waals surface area (Å²) in [6, 6.07) is 11.3. The molecule has 0 saturated heterocycles. The first kappa shape index (κ1) is 47.6. The normalized spacial score (nSPS) is 11.1. The molecule has 0 unspecified atom stereocenters. The van der Waals surface area contributed by atoms with E-state index in [2.05, 4.69) is 31.9 Å². The average Bonchev–Trinajstić information content (AvgIpc) is 4.11. The fourth-order valence-electron chi connectivity index (χ4n) is 7.30. The van der Waals surface area contributed by atoms with E-state index in [0.717, 1.165) is 13.0 Å². The Bertz CT molecular complexity index is 2790. The smallest absolute Gasteiger partial charge is 0.351 e. The number of anilines is 5. The Morgan fingerprint density at radius 1 is 0.500 bits per heavy atom. The Labute approximate surface area is 381 Å². The minimum atomic E-state index is -0.463. The Morgan fingerprint density at radius 2 is 0.894 bits per heavy atom. The van der Waals surface area contributed by atoms with Gasteiger partial charge in [-0.15, -0.1) is 0 Å². The molecule has 6 aromatic rings. The summed E-state index contributed by atoms with van der Waals surface area (Å²) >= 11 is 0. The summed E-state index contributed by atoms with van der Waals surface area (Å²) < 4.78 is 9.67. The lowest BCUT2D eigenvalue weighted by molar-refractivity contribution is -0.555. The summed E-state index contributed by atoms with van der Waals surface area (Å²) in [4.78, 5) is 93.0. The number of nitrogens with zero attached hydrogens (tertiary/aromatic N) is 7. The first-order chi connectivity index (χ1) is 31.4. The van der Waals surface area contributed by atoms with Crippen molar-refractivity contribution in [1.82, 2.24) is 37.6 Å². The summed E-state index contributed by atoms with van der Waals surface area (Å²) in [5, 5.41) is 18.4. The number of hydrogen-bond donors (Lipinski definition) is 7. The van der Waals surface area contributed by atoms with Crippen LogP contribution in [0.15, 0.2) is 79.6 Å². The number of aromatic nitrogens is 6. The minimum Gasteiger partial charge on any atom is -0.351 e. The van der Waals surface area contributed by atoms with Crippen molar-refractivity contribution in [3.63, 3.8) is 0 Å². The molecule has 6 aromatic heterocycles. The fourth-order valence-corrected chi connectivity index (χ4v) is 7.30. The first-order valence-corrected chi connectivity index (χ1v) is 21.2. The molecule has 0 radical (unpaired) electrons. The van der Waals surface area contributed by atoms with E-state index in [0.29, 0.717) is 70.7 Å². The van der Waals surface area contributed by atoms with Crippen molar-refractivity contribution in [2.24, 2.45) is 42.3 Å². The second-order valence-corrected chi connectivity index (χ2v) is 16.4. The second kappa shape index (κ2) is 20.7. The lowest BCUT2D eigenvalue weighted by Gasteiger charge is -2.10. The summed E-state index contributed by atoms with van der Waals surface area (Å²) in [5.41, 5.74) is 4.14. The number of carbonyl (C=O) groups is 7. The van der Waals surface area contributed by atoms with Crippen molar-refractivity contribution in [3.05, 3.63) is 114 Å². The standard InChI is InChI=1S/C45H56N14O7/c1-53(2)16-11-15-47-41(62)35-20-30(25-56(35)5)51-45(66)38-22-32(27-59(38)8)52-43(64)36-18-28(23-57(36)6)48-39(60)13-9-14-46-40(61)34-19-29(24-55(34)4)50-44(65)37-21-31(26-58(37)7)49-42(63)33-12-10-17-54(33)3/h10,12,17-27H,9,11,13-16H2,1-8H3,(H,46,61)(H,47,62)(H,48,60)(H,49,63)(H,50,65)(H,51,66)(H,52,64)/p+1. The zero-order valence-corrected chi connectivity index (χ0v) is 38.3. The van der Waals surface area contributed by atoms with Gasteiger partial charge in [-0.3, -0.25) is 34.1 Å². The summed E-state index contributed by atoms with van der Waals surface area (Å²) in [6.07, 6.45) is 11.2. The van der Waals surface area contributed by atoms with E-state index < -0.39 is 17.7 Å². The molecular formula is C45H57N14O7+. The van der Waals surface area contributed by atoms with Crippen LogP contribution in [0, 0.1) is 0 Å². The van der Waals surface area contributed by atoms with Crippen LogP contribution in [0.3, 0.4) is 0 Å². The topological polar surface area (TPSA) is 241 Å². The molecule has 0 aliphatic heterocycles. The van der Waals surface area contributed by atoms with Gasteiger partial charge in [0.25, 0.3) is 29.5 Å². The van der Waals surface area contributed by atoms with Gasteiger partial charge in [0.05, 0.1) is 35.0 Å². The molecule has 0 spiro atoms. The Balaban J connectivity index is 0.933. The van der Waals surface area contributed by atoms with Crippen molar-refractivity contribution in [3.8, 4) is 0 Å². The Hall–Kier alpha value is -7.91. The van der Waals surface area contributed by atoms with Crippen molar-refractivity contribution in [2.75, 3.05) is 60.3 Å². The van der Waals surface area contributed by atoms with Crippen molar-refractivity contribution in [1.29, 1.82) is 0 Å². The van der Waals surface area contributed by atoms with Crippen molar-refractivity contribution >= 4 is 69.8 Å². The van der Waals surface area contributed by atoms with E-state index in [9.17, 15) is 33.6 Å². The number of amides is 7. The third-order valence-corrected chi connectivity index (χ3v) is 10.7. The van der Waals surface area contributed by atoms with Gasteiger partial charge in [-0.05, 0) is 69.5 Å². The van der Waals surface area contributed by atoms with Gasteiger partial charge in [0.2, 0.25) is 5.91 Å². The molecule has 0 aliphatic rings. The highest BCUT2D eigenvalue weighted by Crippen LogP contribution is 2.21. The van der Waals surface area contributed by atoms with Gasteiger partial charge < -0.3 is 64.2 Å². The predicted octanol–water partition coefficient (Wildman–Crippen LogP) is 2.53. The summed E-state index contributed by atoms with van der Waals surface area (Å²) in [7, 11) is 14.1. The monoisotopic (exact) mass is 905 g/mol. The van der Waals surface area contributed by atoms with E-state index in [1.165, 1.54) is 17.4 Å². The third-order valence-electron chi connectivity index (χ3n) is 10.7. The molecule has 0 bridgehead atoms. The number of nitrogens with two attached hydrogens (primary N) is 1. The highest BCUT2D eigenvalue weighted by Gasteiger charge is 2.22. The van der Waals surface area contributed by atoms with Gasteiger partial charge in [0.15, 0.2) is 0 Å². The van der Waals surface area contributed by atoms with Crippen molar-refractivity contribution < 1.29 is 38.9 Å². The van der Waals surface area contributed by atoms with Crippen LogP contribution in [0.1, 0.15) is 82.2 Å². The van der Waals surface area contributed by atoms with Crippen LogP contribution >= 0.6 is 0 Å². The maximum atomic E-state index is 13.3. The SMILES string of the molecule is CN(C)CCCNC(=O)c1cc(NC(=O)c2cc(NC(=O)c3cc(NC(=O)CCC[NH2+]C(=O)c4cc(NC(=O)c5cc(NC(=O)c6cccn6C)cn5C)cn4C)cn3C)cn2C)cn1C. The molecule has 0 aromatic carbocycles. The van der Waals surface area contributed by atoms with Gasteiger partial charge in [0.1, 0.15) is 34.2 Å². The number of nitrogens with one attached hydrogen (secondary N) is 6. The molecule has 6 rings (SSSR count). The molecule has 21 heteroatoms. The molecule has 8 N–H and O–H groups in total. The summed E-state index contributed by atoms with van der Waals surface area (Å²) in [5.74, 6) is -2.45. The molecule has 0 fully saturated rings. The Kier molecular flexibility index (Phi) is 14.9. The van der Waals surface area contributed by atoms with Crippen LogP contribution in [0.25, 0.3) is 0 Å². The van der Waals surface area contributed by atoms with E-state index in [1.54, 1.807) is 137 Å². The van der Waals surface area contributed by atoms with E-state index in [4.69, 9.17) is 0 Å². The molecule has 0 atom stereocenters. The van der Waals surface area contributed by atoms with Crippen LogP contribution in [-0.4, -0.2) is 107 Å². The molecule has 0 aliphatic carbocycles. The first-order valence-electron chi connectivity index (χ1n) is 21.2. The van der Waals surface area contributed by atoms with Gasteiger partial charge in [0, 0.05) is 98.9 Å². The molecule has 348 valence electrons. The minimum absolute atomic E-state index is 0.113. The molecule has 66 heavy (non-hydrogen) atoms. The number of quaternary nitrogens is 1. The maximum Gasteiger partial charge on any atom is 0.359 e. The highest BCUT2D eigenvalue weighted by molar-refractivity contribution is 6.09. The van der Waals surface area contributed by atoms with Gasteiger partial charge in [-0.1, -0.05) is 0 Å². The fraction of sp³-hybridized carbons (Fsp3) is 0.311. The number of aryl methyl sites for hydroxylation is 6. The molecule has 21 nitrogen and oxygen atoms in total. The second-order valence-electron chi connectivity index (χ2n) is 16.4. The molecule has 6 heterocycles. The lowest BCUT2D eigenvalue weighted by atomic mass is 10.2. The van der Waals surface area contributed by atoms with Crippen LogP contribution in [0.5, 0.6) is 0 Å². The van der Waals surface area contributed by atoms with Crippen LogP contribution in [0.4, 0.5) is 28.4 Å². The number of hydrogen-bond acceptors (Lipinski definition) is 8. The van der Waals surface area contributed by atoms with Crippen LogP contribution in [0.2, 0.25) is 0 Å². The summed E-state index contributed by atoms with van der Waals surface area (Å²) in [6.45, 7) is 1.69. The van der Waals surface area contributed by atoms with Crippen LogP contribution in [-0.2, 0) is 47.1 Å². The predicted molar refractivity (Wildman–Crippen MR) is 249 cm³/mol. The van der Waals surface area contributed by atoms with Gasteiger partial charge in [-0.2, -0.15) is 0 Å².